The van der Waals surface area contributed by atoms with Gasteiger partial charge in [0, 0.05) is 50.1 Å². The van der Waals surface area contributed by atoms with Crippen molar-refractivity contribution >= 4 is 17.5 Å². The van der Waals surface area contributed by atoms with Crippen molar-refractivity contribution in [2.45, 2.75) is 19.9 Å². The molecule has 2 aromatic carbocycles. The summed E-state index contributed by atoms with van der Waals surface area (Å²) in [6.07, 6.45) is 4.36. The predicted molar refractivity (Wildman–Crippen MR) is 105 cm³/mol. The minimum Gasteiger partial charge on any atom is -0.352 e. The molecule has 0 spiro atoms. The van der Waals surface area contributed by atoms with Crippen LogP contribution in [0.3, 0.4) is 0 Å². The molecule has 2 amide bonds. The minimum atomic E-state index is -0.177. The van der Waals surface area contributed by atoms with Crippen LogP contribution in [0.2, 0.25) is 0 Å². The van der Waals surface area contributed by atoms with Gasteiger partial charge in [0.25, 0.3) is 5.91 Å². The average molecular weight is 362 g/mol. The highest BCUT2D eigenvalue weighted by Gasteiger charge is 2.08. The van der Waals surface area contributed by atoms with E-state index in [-0.39, 0.29) is 11.8 Å². The molecule has 1 aromatic heterocycles. The molecule has 0 bridgehead atoms. The first-order chi connectivity index (χ1) is 13.1. The number of anilines is 1. The van der Waals surface area contributed by atoms with E-state index in [1.165, 1.54) is 12.5 Å². The van der Waals surface area contributed by atoms with E-state index in [0.29, 0.717) is 24.2 Å². The van der Waals surface area contributed by atoms with E-state index in [2.05, 4.69) is 32.3 Å². The molecule has 3 aromatic rings. The van der Waals surface area contributed by atoms with Crippen LogP contribution in [0.25, 0.3) is 0 Å². The fourth-order valence-electron chi connectivity index (χ4n) is 2.82. The number of hydrogen-bond acceptors (Lipinski definition) is 3. The van der Waals surface area contributed by atoms with Gasteiger partial charge in [0.1, 0.15) is 5.82 Å². The van der Waals surface area contributed by atoms with E-state index in [1.807, 2.05) is 24.4 Å². The molecule has 0 radical (unpaired) electrons. The number of nitrogens with zero attached hydrogens (tertiary/aromatic N) is 2. The van der Waals surface area contributed by atoms with Gasteiger partial charge in [-0.15, -0.1) is 0 Å². The third-order valence-corrected chi connectivity index (χ3v) is 4.08. The first kappa shape index (κ1) is 18.4. The lowest BCUT2D eigenvalue weighted by atomic mass is 10.2. The molecule has 6 heteroatoms. The summed E-state index contributed by atoms with van der Waals surface area (Å²) in [5.74, 6) is 0.576. The van der Waals surface area contributed by atoms with Gasteiger partial charge in [-0.3, -0.25) is 9.59 Å². The van der Waals surface area contributed by atoms with Crippen LogP contribution >= 0.6 is 0 Å². The molecule has 0 atom stereocenters. The fourth-order valence-corrected chi connectivity index (χ4v) is 2.82. The molecule has 0 fully saturated rings. The predicted octanol–water partition coefficient (Wildman–Crippen LogP) is 2.86. The van der Waals surface area contributed by atoms with Gasteiger partial charge in [0.2, 0.25) is 5.91 Å². The van der Waals surface area contributed by atoms with Crippen LogP contribution in [-0.2, 0) is 17.8 Å². The van der Waals surface area contributed by atoms with Crippen molar-refractivity contribution in [3.8, 4) is 0 Å². The van der Waals surface area contributed by atoms with Gasteiger partial charge in [0.05, 0.1) is 0 Å². The summed E-state index contributed by atoms with van der Waals surface area (Å²) in [4.78, 5) is 27.9. The topological polar surface area (TPSA) is 76.0 Å². The van der Waals surface area contributed by atoms with Crippen molar-refractivity contribution in [1.82, 2.24) is 14.9 Å². The number of amides is 2. The second-order valence-electron chi connectivity index (χ2n) is 6.22. The summed E-state index contributed by atoms with van der Waals surface area (Å²) in [6.45, 7) is 2.67. The Labute approximate surface area is 158 Å². The normalized spacial score (nSPS) is 10.4. The molecule has 138 valence electrons. The van der Waals surface area contributed by atoms with E-state index in [0.717, 1.165) is 12.4 Å². The third kappa shape index (κ3) is 5.28. The number of rotatable bonds is 7. The fraction of sp³-hybridized carbons (Fsp3) is 0.190. The van der Waals surface area contributed by atoms with E-state index in [9.17, 15) is 9.59 Å². The molecular formula is C21H22N4O2. The first-order valence-electron chi connectivity index (χ1n) is 8.81. The Morgan fingerprint density at radius 2 is 1.89 bits per heavy atom. The summed E-state index contributed by atoms with van der Waals surface area (Å²) in [6, 6.07) is 17.0. The van der Waals surface area contributed by atoms with Crippen LogP contribution in [0.1, 0.15) is 28.7 Å². The summed E-state index contributed by atoms with van der Waals surface area (Å²) in [7, 11) is 0. The van der Waals surface area contributed by atoms with Crippen molar-refractivity contribution in [2.24, 2.45) is 0 Å². The van der Waals surface area contributed by atoms with Crippen molar-refractivity contribution in [3.05, 3.63) is 83.9 Å². The maximum Gasteiger partial charge on any atom is 0.251 e. The number of aromatic nitrogens is 2. The van der Waals surface area contributed by atoms with Gasteiger partial charge in [-0.2, -0.15) is 0 Å². The zero-order chi connectivity index (χ0) is 19.1. The quantitative estimate of drug-likeness (QED) is 0.679. The lowest BCUT2D eigenvalue weighted by Crippen LogP contribution is -2.26. The number of imidazole rings is 1. The average Bonchev–Trinajstić information content (AvgIpc) is 3.09. The molecule has 6 nitrogen and oxygen atoms in total. The second-order valence-corrected chi connectivity index (χ2v) is 6.22. The maximum absolute atomic E-state index is 12.3. The highest BCUT2D eigenvalue weighted by atomic mass is 16.2. The second kappa shape index (κ2) is 8.80. The van der Waals surface area contributed by atoms with E-state index in [1.54, 1.807) is 30.5 Å². The Kier molecular flexibility index (Phi) is 5.99. The van der Waals surface area contributed by atoms with Crippen LogP contribution in [0.15, 0.2) is 67.0 Å². The molecule has 0 aliphatic heterocycles. The van der Waals surface area contributed by atoms with Crippen molar-refractivity contribution in [2.75, 3.05) is 11.9 Å². The van der Waals surface area contributed by atoms with E-state index in [4.69, 9.17) is 0 Å². The first-order valence-corrected chi connectivity index (χ1v) is 8.81. The van der Waals surface area contributed by atoms with Gasteiger partial charge in [-0.05, 0) is 23.8 Å². The largest absolute Gasteiger partial charge is 0.352 e. The van der Waals surface area contributed by atoms with Gasteiger partial charge >= 0.3 is 0 Å². The zero-order valence-electron chi connectivity index (χ0n) is 15.2. The van der Waals surface area contributed by atoms with Gasteiger partial charge in [-0.25, -0.2) is 4.98 Å². The molecule has 2 N–H and O–H groups in total. The summed E-state index contributed by atoms with van der Waals surface area (Å²) in [5, 5.41) is 5.58. The zero-order valence-corrected chi connectivity index (χ0v) is 15.2. The van der Waals surface area contributed by atoms with Crippen molar-refractivity contribution in [1.29, 1.82) is 0 Å². The maximum atomic E-state index is 12.3. The molecular weight excluding hydrogens is 340 g/mol. The number of carbonyl (C=O) groups is 2. The van der Waals surface area contributed by atoms with Gasteiger partial charge in [-0.1, -0.05) is 36.4 Å². The molecule has 0 saturated carbocycles. The van der Waals surface area contributed by atoms with Crippen LogP contribution in [-0.4, -0.2) is 27.9 Å². The Balaban J connectivity index is 1.55. The number of nitrogens with one attached hydrogen (secondary N) is 2. The molecule has 1 heterocycles. The van der Waals surface area contributed by atoms with E-state index < -0.39 is 0 Å². The lowest BCUT2D eigenvalue weighted by molar-refractivity contribution is -0.114. The van der Waals surface area contributed by atoms with Crippen LogP contribution in [0.5, 0.6) is 0 Å². The van der Waals surface area contributed by atoms with Crippen LogP contribution in [0.4, 0.5) is 5.69 Å². The SMILES string of the molecule is CC(=O)Nc1cccc(C(=O)NCCc2nccn2Cc2ccccc2)c1. The van der Waals surface area contributed by atoms with Crippen LogP contribution < -0.4 is 10.6 Å². The molecule has 3 rings (SSSR count). The monoisotopic (exact) mass is 362 g/mol. The van der Waals surface area contributed by atoms with Crippen molar-refractivity contribution < 1.29 is 9.59 Å². The number of benzene rings is 2. The molecule has 0 aliphatic rings. The summed E-state index contributed by atoms with van der Waals surface area (Å²) in [5.41, 5.74) is 2.32. The number of carbonyl (C=O) groups excluding carboxylic acids is 2. The highest BCUT2D eigenvalue weighted by molar-refractivity contribution is 5.96. The highest BCUT2D eigenvalue weighted by Crippen LogP contribution is 2.11. The van der Waals surface area contributed by atoms with Crippen molar-refractivity contribution in [3.63, 3.8) is 0 Å². The Hall–Kier alpha value is -3.41. The summed E-state index contributed by atoms with van der Waals surface area (Å²) >= 11 is 0. The van der Waals surface area contributed by atoms with E-state index >= 15 is 0 Å². The molecule has 0 aliphatic carbocycles. The standard InChI is InChI=1S/C21H22N4O2/c1-16(26)24-19-9-5-8-18(14-19)21(27)23-11-10-20-22-12-13-25(20)15-17-6-3-2-4-7-17/h2-9,12-14H,10-11,15H2,1H3,(H,23,27)(H,24,26). The lowest BCUT2D eigenvalue weighted by Gasteiger charge is -2.10. The Morgan fingerprint density at radius 1 is 1.07 bits per heavy atom. The number of hydrogen-bond donors (Lipinski definition) is 2. The minimum absolute atomic E-state index is 0.169. The van der Waals surface area contributed by atoms with Crippen LogP contribution in [0, 0.1) is 0 Å². The summed E-state index contributed by atoms with van der Waals surface area (Å²) < 4.78 is 2.08. The Morgan fingerprint density at radius 3 is 2.67 bits per heavy atom. The Bertz CT molecular complexity index is 919. The molecule has 0 saturated heterocycles. The third-order valence-electron chi connectivity index (χ3n) is 4.08. The van der Waals surface area contributed by atoms with Gasteiger partial charge in [0.15, 0.2) is 0 Å². The smallest absolute Gasteiger partial charge is 0.251 e. The molecule has 27 heavy (non-hydrogen) atoms. The molecule has 0 unspecified atom stereocenters. The van der Waals surface area contributed by atoms with Gasteiger partial charge < -0.3 is 15.2 Å².